The van der Waals surface area contributed by atoms with E-state index in [0.717, 1.165) is 0 Å². The molecule has 0 saturated carbocycles. The van der Waals surface area contributed by atoms with Crippen molar-refractivity contribution < 1.29 is 22.0 Å². The van der Waals surface area contributed by atoms with Crippen molar-refractivity contribution in [1.29, 1.82) is 0 Å². The molecule has 0 amide bonds. The maximum absolute atomic E-state index is 7.33. The van der Waals surface area contributed by atoms with Crippen LogP contribution in [0.15, 0.2) is 0 Å². The summed E-state index contributed by atoms with van der Waals surface area (Å²) in [6.45, 7) is 0. The summed E-state index contributed by atoms with van der Waals surface area (Å²) in [6.07, 6.45) is 0. The summed E-state index contributed by atoms with van der Waals surface area (Å²) in [6, 6.07) is 0. The molecular weight excluding hydrogens is 143 g/mol. The minimum absolute atomic E-state index is 0. The van der Waals surface area contributed by atoms with E-state index in [1.165, 1.54) is 0 Å². The number of hydrogen-bond donors (Lipinski definition) is 4. The number of hydrogen-bond acceptors (Lipinski definition) is 4. The van der Waals surface area contributed by atoms with E-state index in [-0.39, 0.29) is 49.0 Å². The minimum atomic E-state index is -4.61. The molecule has 3 radical (unpaired) electrons. The van der Waals surface area contributed by atoms with Crippen molar-refractivity contribution in [2.24, 2.45) is 0 Å². The molecule has 0 aliphatic carbocycles. The summed E-state index contributed by atoms with van der Waals surface area (Å²) in [5.74, 6) is 0. The third-order valence-electron chi connectivity index (χ3n) is 0. The average Bonchev–Trinajstić information content (AvgIpc) is 0.722. The van der Waals surface area contributed by atoms with Crippen LogP contribution in [0.3, 0.4) is 0 Å². The molecule has 7 heteroatoms. The Bertz CT molecular complexity index is 34.0. The van der Waals surface area contributed by atoms with Gasteiger partial charge in [-0.15, -0.1) is 0 Å². The van der Waals surface area contributed by atoms with Crippen LogP contribution >= 0.6 is 0 Å². The molecule has 0 aromatic rings. The zero-order chi connectivity index (χ0) is 4.50. The summed E-state index contributed by atoms with van der Waals surface area (Å²) >= 11 is 0. The van der Waals surface area contributed by atoms with Crippen LogP contribution in [0.4, 0.5) is 0 Å². The smallest absolute Gasteiger partial charge is 1.00 e. The van der Waals surface area contributed by atoms with Crippen LogP contribution < -0.4 is 0 Å². The molecule has 0 aromatic heterocycles. The van der Waals surface area contributed by atoms with E-state index in [4.69, 9.17) is 19.2 Å². The van der Waals surface area contributed by atoms with Gasteiger partial charge in [0.1, 0.15) is 0 Å². The Hall–Kier alpha value is 1.38. The van der Waals surface area contributed by atoms with Crippen molar-refractivity contribution in [3.63, 3.8) is 0 Å². The van der Waals surface area contributed by atoms with Crippen molar-refractivity contribution in [1.82, 2.24) is 0 Å². The van der Waals surface area contributed by atoms with Gasteiger partial charge in [0.2, 0.25) is 0 Å². The zero-order valence-electron chi connectivity index (χ0n) is 5.57. The molecule has 0 saturated heterocycles. The average molecular weight is 149 g/mol. The minimum Gasteiger partial charge on any atom is -1.00 e. The molecule has 0 aliphatic heterocycles. The van der Waals surface area contributed by atoms with Gasteiger partial charge < -0.3 is 22.0 Å². The van der Waals surface area contributed by atoms with Crippen LogP contribution in [0, 0.1) is 0 Å². The molecular formula is H6BCaO4Si. The van der Waals surface area contributed by atoms with E-state index in [2.05, 4.69) is 0 Å². The van der Waals surface area contributed by atoms with Crippen LogP contribution in [0.1, 0.15) is 2.85 Å². The fraction of sp³-hybridized carbons (Fsp3) is 0. The Balaban J connectivity index is -0.0000000133. The van der Waals surface area contributed by atoms with Gasteiger partial charge in [-0.05, 0) is 0 Å². The topological polar surface area (TPSA) is 80.9 Å². The van der Waals surface area contributed by atoms with Gasteiger partial charge in [-0.25, -0.2) is 0 Å². The Morgan fingerprint density at radius 2 is 1.00 bits per heavy atom. The normalized spacial score (nSPS) is 8.57. The Morgan fingerprint density at radius 3 is 1.00 bits per heavy atom. The van der Waals surface area contributed by atoms with Crippen molar-refractivity contribution in [2.75, 3.05) is 0 Å². The Morgan fingerprint density at radius 1 is 1.00 bits per heavy atom. The third-order valence-corrected chi connectivity index (χ3v) is 0. The first-order valence-electron chi connectivity index (χ1n) is 0.894. The quantitative estimate of drug-likeness (QED) is 0.274. The first-order chi connectivity index (χ1) is 2.00. The second-order valence-corrected chi connectivity index (χ2v) is 1.80. The first-order valence-corrected chi connectivity index (χ1v) is 2.68. The van der Waals surface area contributed by atoms with E-state index >= 15 is 0 Å². The predicted molar refractivity (Wildman–Crippen MR) is 28.4 cm³/mol. The van der Waals surface area contributed by atoms with Gasteiger partial charge in [0, 0.05) is 8.41 Å². The van der Waals surface area contributed by atoms with E-state index in [1.54, 1.807) is 0 Å². The zero-order valence-corrected chi connectivity index (χ0v) is 6.78. The predicted octanol–water partition coefficient (Wildman–Crippen LogP) is -3.15. The Kier molecular flexibility index (Phi) is 12.4. The molecule has 0 atom stereocenters. The summed E-state index contributed by atoms with van der Waals surface area (Å²) < 4.78 is 0. The molecule has 0 fully saturated rings. The molecule has 0 heterocycles. The molecule has 4 nitrogen and oxygen atoms in total. The van der Waals surface area contributed by atoms with Crippen molar-refractivity contribution in [3.05, 3.63) is 0 Å². The fourth-order valence-corrected chi connectivity index (χ4v) is 0. The van der Waals surface area contributed by atoms with Gasteiger partial charge in [-0.3, -0.25) is 0 Å². The van der Waals surface area contributed by atoms with E-state index in [1.807, 2.05) is 0 Å². The summed E-state index contributed by atoms with van der Waals surface area (Å²) in [5, 5.41) is 0. The molecule has 0 aromatic carbocycles. The molecule has 4 N–H and O–H groups in total. The van der Waals surface area contributed by atoms with Crippen molar-refractivity contribution in [2.45, 2.75) is 0 Å². The van der Waals surface area contributed by atoms with Gasteiger partial charge in [-0.2, -0.15) is 0 Å². The molecule has 0 spiro atoms. The fourth-order valence-electron chi connectivity index (χ4n) is 0. The van der Waals surface area contributed by atoms with Gasteiger partial charge in [0.05, 0.1) is 0 Å². The maximum atomic E-state index is 7.33. The standard InChI is InChI=1S/B.Ca.H4O4Si.2H/c;;1-5(2,3)4;;/h;;1-4H;;/q;+2;;2*-1. The van der Waals surface area contributed by atoms with Gasteiger partial charge in [0.15, 0.2) is 0 Å². The molecule has 0 rings (SSSR count). The molecule has 7 heavy (non-hydrogen) atoms. The second-order valence-electron chi connectivity index (χ2n) is 0.600. The van der Waals surface area contributed by atoms with E-state index in [0.29, 0.717) is 0 Å². The van der Waals surface area contributed by atoms with Crippen LogP contribution in [0.5, 0.6) is 0 Å². The second kappa shape index (κ2) is 5.52. The molecule has 0 unspecified atom stereocenters. The third kappa shape index (κ3) is 112. The largest absolute Gasteiger partial charge is 2.00 e. The molecule has 39 valence electrons. The van der Waals surface area contributed by atoms with Crippen LogP contribution in [0.2, 0.25) is 0 Å². The molecule has 0 aliphatic rings. The SMILES string of the molecule is O[Si](O)(O)O.[B].[Ca+2].[H-].[H-]. The summed E-state index contributed by atoms with van der Waals surface area (Å²) in [5.41, 5.74) is 0. The van der Waals surface area contributed by atoms with Gasteiger partial charge in [0.25, 0.3) is 0 Å². The summed E-state index contributed by atoms with van der Waals surface area (Å²) in [4.78, 5) is 29.3. The monoisotopic (exact) mass is 149 g/mol. The van der Waals surface area contributed by atoms with Crippen molar-refractivity contribution in [3.8, 4) is 0 Å². The van der Waals surface area contributed by atoms with Gasteiger partial charge in [-0.1, -0.05) is 0 Å². The first kappa shape index (κ1) is 15.8. The molecule has 0 bridgehead atoms. The van der Waals surface area contributed by atoms with Crippen LogP contribution in [0.25, 0.3) is 0 Å². The maximum Gasteiger partial charge on any atom is 2.00 e. The van der Waals surface area contributed by atoms with Crippen LogP contribution in [-0.4, -0.2) is 74.4 Å². The van der Waals surface area contributed by atoms with Crippen LogP contribution in [-0.2, 0) is 0 Å². The van der Waals surface area contributed by atoms with E-state index < -0.39 is 9.05 Å². The van der Waals surface area contributed by atoms with E-state index in [9.17, 15) is 0 Å². The Labute approximate surface area is 76.8 Å². The number of rotatable bonds is 0. The van der Waals surface area contributed by atoms with Crippen molar-refractivity contribution >= 4 is 55.2 Å². The summed E-state index contributed by atoms with van der Waals surface area (Å²) in [7, 11) is -4.61. The van der Waals surface area contributed by atoms with Gasteiger partial charge >= 0.3 is 46.8 Å².